The molecular weight excluding hydrogens is 447 g/mol. The molecule has 2 fully saturated rings. The van der Waals surface area contributed by atoms with Crippen LogP contribution in [0.1, 0.15) is 27.3 Å². The predicted molar refractivity (Wildman–Crippen MR) is 117 cm³/mol. The second-order valence-corrected chi connectivity index (χ2v) is 9.92. The number of aromatic nitrogens is 1. The molecule has 0 spiro atoms. The Morgan fingerprint density at radius 2 is 1.97 bits per heavy atom. The summed E-state index contributed by atoms with van der Waals surface area (Å²) in [7, 11) is 0. The van der Waals surface area contributed by atoms with E-state index in [-0.39, 0.29) is 11.4 Å². The molecule has 2 aliphatic rings. The normalized spacial score (nSPS) is 22.6. The summed E-state index contributed by atoms with van der Waals surface area (Å²) in [6.07, 6.45) is -3.35. The number of nitrogens with zero attached hydrogens (tertiary/aromatic N) is 2. The summed E-state index contributed by atoms with van der Waals surface area (Å²) in [6, 6.07) is 4.86. The van der Waals surface area contributed by atoms with Crippen molar-refractivity contribution >= 4 is 29.0 Å². The van der Waals surface area contributed by atoms with Crippen molar-refractivity contribution in [2.75, 3.05) is 44.4 Å². The van der Waals surface area contributed by atoms with Gasteiger partial charge in [-0.05, 0) is 31.2 Å². The van der Waals surface area contributed by atoms with Crippen molar-refractivity contribution in [3.05, 3.63) is 40.4 Å². The summed E-state index contributed by atoms with van der Waals surface area (Å²) in [5.74, 6) is 1.87. The third-order valence-electron chi connectivity index (χ3n) is 5.80. The van der Waals surface area contributed by atoms with Crippen LogP contribution in [-0.4, -0.2) is 65.7 Å². The van der Waals surface area contributed by atoms with Crippen LogP contribution in [0.15, 0.2) is 24.3 Å². The van der Waals surface area contributed by atoms with Gasteiger partial charge >= 0.3 is 6.18 Å². The van der Waals surface area contributed by atoms with Crippen LogP contribution in [0.3, 0.4) is 0 Å². The van der Waals surface area contributed by atoms with Crippen molar-refractivity contribution in [1.82, 2.24) is 15.2 Å². The Labute approximate surface area is 187 Å². The number of nitrogens with one attached hydrogen (secondary N) is 1. The van der Waals surface area contributed by atoms with Gasteiger partial charge in [0.1, 0.15) is 9.88 Å². The Kier molecular flexibility index (Phi) is 6.62. The van der Waals surface area contributed by atoms with Gasteiger partial charge in [-0.3, -0.25) is 9.69 Å². The molecule has 0 radical (unpaired) electrons. The second kappa shape index (κ2) is 9.09. The molecule has 2 aromatic rings. The molecule has 2 aliphatic heterocycles. The molecule has 1 atom stereocenters. The van der Waals surface area contributed by atoms with Crippen molar-refractivity contribution in [2.45, 2.75) is 25.1 Å². The fourth-order valence-electron chi connectivity index (χ4n) is 3.99. The van der Waals surface area contributed by atoms with Crippen LogP contribution in [0, 0.1) is 6.92 Å². The van der Waals surface area contributed by atoms with Crippen molar-refractivity contribution in [1.29, 1.82) is 0 Å². The van der Waals surface area contributed by atoms with Gasteiger partial charge < -0.3 is 10.1 Å². The number of thioether (sulfide) groups is 1. The van der Waals surface area contributed by atoms with Crippen LogP contribution in [0.4, 0.5) is 13.2 Å². The van der Waals surface area contributed by atoms with Gasteiger partial charge in [-0.15, -0.1) is 11.3 Å². The first-order valence-electron chi connectivity index (χ1n) is 10.1. The molecule has 3 heterocycles. The van der Waals surface area contributed by atoms with Crippen LogP contribution < -0.4 is 5.32 Å². The summed E-state index contributed by atoms with van der Waals surface area (Å²) in [4.78, 5) is 20.3. The Bertz CT molecular complexity index is 919. The monoisotopic (exact) mass is 471 g/mol. The summed E-state index contributed by atoms with van der Waals surface area (Å²) in [5, 5.41) is 3.64. The molecule has 2 saturated heterocycles. The maximum Gasteiger partial charge on any atom is 0.416 e. The zero-order valence-corrected chi connectivity index (χ0v) is 18.8. The van der Waals surface area contributed by atoms with Gasteiger partial charge in [-0.1, -0.05) is 12.1 Å². The van der Waals surface area contributed by atoms with Gasteiger partial charge in [0.05, 0.1) is 24.5 Å². The largest absolute Gasteiger partial charge is 0.416 e. The number of benzene rings is 1. The molecule has 1 N–H and O–H groups in total. The smallest absolute Gasteiger partial charge is 0.379 e. The van der Waals surface area contributed by atoms with Crippen molar-refractivity contribution in [2.24, 2.45) is 0 Å². The number of carbonyl (C=O) groups is 1. The van der Waals surface area contributed by atoms with E-state index in [0.717, 1.165) is 43.1 Å². The molecule has 0 aliphatic carbocycles. The van der Waals surface area contributed by atoms with Gasteiger partial charge in [0.2, 0.25) is 0 Å². The molecule has 4 rings (SSSR count). The van der Waals surface area contributed by atoms with E-state index in [1.165, 1.54) is 23.5 Å². The number of amides is 1. The van der Waals surface area contributed by atoms with E-state index in [1.54, 1.807) is 6.92 Å². The SMILES string of the molecule is Cc1nc(-c2ccc(C(F)(F)F)cc2)sc1C(=O)NCC1(N2CCOCC2)CCSC1. The van der Waals surface area contributed by atoms with E-state index in [1.807, 2.05) is 11.8 Å². The maximum atomic E-state index is 12.9. The summed E-state index contributed by atoms with van der Waals surface area (Å²) < 4.78 is 43.9. The molecule has 168 valence electrons. The van der Waals surface area contributed by atoms with Gasteiger partial charge in [-0.2, -0.15) is 24.9 Å². The number of carbonyl (C=O) groups excluding carboxylic acids is 1. The summed E-state index contributed by atoms with van der Waals surface area (Å²) >= 11 is 3.11. The van der Waals surface area contributed by atoms with Crippen molar-refractivity contribution < 1.29 is 22.7 Å². The maximum absolute atomic E-state index is 12.9. The molecule has 1 unspecified atom stereocenters. The molecule has 1 aromatic carbocycles. The van der Waals surface area contributed by atoms with Crippen LogP contribution in [0.25, 0.3) is 10.6 Å². The first-order chi connectivity index (χ1) is 14.8. The zero-order chi connectivity index (χ0) is 22.1. The average Bonchev–Trinajstić information content (AvgIpc) is 3.40. The Morgan fingerprint density at radius 3 is 2.58 bits per heavy atom. The number of thiazole rings is 1. The van der Waals surface area contributed by atoms with Crippen LogP contribution in [-0.2, 0) is 10.9 Å². The third-order valence-corrected chi connectivity index (χ3v) is 8.24. The number of ether oxygens (including phenoxy) is 1. The quantitative estimate of drug-likeness (QED) is 0.713. The highest BCUT2D eigenvalue weighted by molar-refractivity contribution is 7.99. The zero-order valence-electron chi connectivity index (χ0n) is 17.1. The minimum atomic E-state index is -4.38. The molecular formula is C21H24F3N3O2S2. The Hall–Kier alpha value is -1.62. The van der Waals surface area contributed by atoms with E-state index in [0.29, 0.717) is 40.9 Å². The molecule has 0 bridgehead atoms. The lowest BCUT2D eigenvalue weighted by atomic mass is 9.95. The van der Waals surface area contributed by atoms with E-state index < -0.39 is 11.7 Å². The van der Waals surface area contributed by atoms with Gasteiger partial charge in [-0.25, -0.2) is 4.98 Å². The molecule has 5 nitrogen and oxygen atoms in total. The Balaban J connectivity index is 1.46. The van der Waals surface area contributed by atoms with Gasteiger partial charge in [0.25, 0.3) is 5.91 Å². The van der Waals surface area contributed by atoms with Crippen molar-refractivity contribution in [3.8, 4) is 10.6 Å². The standard InChI is InChI=1S/C21H24F3N3O2S2/c1-14-17(31-19(26-14)15-2-4-16(5-3-15)21(22,23)24)18(28)25-12-20(6-11-30-13-20)27-7-9-29-10-8-27/h2-5H,6-13H2,1H3,(H,25,28). The van der Waals surface area contributed by atoms with Crippen LogP contribution in [0.5, 0.6) is 0 Å². The second-order valence-electron chi connectivity index (χ2n) is 7.82. The highest BCUT2D eigenvalue weighted by Crippen LogP contribution is 2.35. The lowest BCUT2D eigenvalue weighted by molar-refractivity contribution is -0.137. The number of alkyl halides is 3. The number of morpholine rings is 1. The fraction of sp³-hybridized carbons (Fsp3) is 0.524. The summed E-state index contributed by atoms with van der Waals surface area (Å²) in [6.45, 7) is 5.48. The highest BCUT2D eigenvalue weighted by atomic mass is 32.2. The molecule has 31 heavy (non-hydrogen) atoms. The van der Waals surface area contributed by atoms with Crippen molar-refractivity contribution in [3.63, 3.8) is 0 Å². The van der Waals surface area contributed by atoms with E-state index in [4.69, 9.17) is 4.74 Å². The van der Waals surface area contributed by atoms with E-state index in [9.17, 15) is 18.0 Å². The van der Waals surface area contributed by atoms with E-state index >= 15 is 0 Å². The average molecular weight is 472 g/mol. The predicted octanol–water partition coefficient (Wildman–Crippen LogP) is 4.08. The molecule has 0 saturated carbocycles. The third kappa shape index (κ3) is 4.92. The summed E-state index contributed by atoms with van der Waals surface area (Å²) in [5.41, 5.74) is 0.389. The molecule has 1 aromatic heterocycles. The number of aryl methyl sites for hydroxylation is 1. The number of halogens is 3. The minimum absolute atomic E-state index is 0.0566. The fourth-order valence-corrected chi connectivity index (χ4v) is 6.46. The number of hydrogen-bond acceptors (Lipinski definition) is 6. The first kappa shape index (κ1) is 22.6. The van der Waals surface area contributed by atoms with Gasteiger partial charge in [0.15, 0.2) is 0 Å². The number of rotatable bonds is 5. The highest BCUT2D eigenvalue weighted by Gasteiger charge is 2.41. The number of hydrogen-bond donors (Lipinski definition) is 1. The topological polar surface area (TPSA) is 54.5 Å². The van der Waals surface area contributed by atoms with Gasteiger partial charge in [0, 0.05) is 36.5 Å². The molecule has 1 amide bonds. The van der Waals surface area contributed by atoms with E-state index in [2.05, 4.69) is 15.2 Å². The van der Waals surface area contributed by atoms with Crippen LogP contribution in [0.2, 0.25) is 0 Å². The van der Waals surface area contributed by atoms with Crippen LogP contribution >= 0.6 is 23.1 Å². The Morgan fingerprint density at radius 1 is 1.26 bits per heavy atom. The first-order valence-corrected chi connectivity index (χ1v) is 12.1. The lowest BCUT2D eigenvalue weighted by Gasteiger charge is -2.43. The molecule has 10 heteroatoms. The minimum Gasteiger partial charge on any atom is -0.379 e. The lowest BCUT2D eigenvalue weighted by Crippen LogP contribution is -2.59.